The summed E-state index contributed by atoms with van der Waals surface area (Å²) in [6, 6.07) is 0. The summed E-state index contributed by atoms with van der Waals surface area (Å²) in [4.78, 5) is 4.40. The topological polar surface area (TPSA) is 61.7 Å². The highest BCUT2D eigenvalue weighted by atomic mass is 15.3. The van der Waals surface area contributed by atoms with Crippen LogP contribution in [0.25, 0.3) is 11.3 Å². The van der Waals surface area contributed by atoms with Gasteiger partial charge in [-0.05, 0) is 12.3 Å². The first-order valence-electron chi connectivity index (χ1n) is 6.45. The van der Waals surface area contributed by atoms with E-state index in [0.717, 1.165) is 36.6 Å². The second-order valence-electron chi connectivity index (χ2n) is 5.02. The highest BCUT2D eigenvalue weighted by molar-refractivity contribution is 5.69. The molecule has 0 aromatic carbocycles. The van der Waals surface area contributed by atoms with Crippen LogP contribution in [0.3, 0.4) is 0 Å². The number of hydrogen-bond donors (Lipinski definition) is 1. The van der Waals surface area contributed by atoms with Crippen LogP contribution in [0.15, 0.2) is 18.7 Å². The van der Waals surface area contributed by atoms with Gasteiger partial charge < -0.3 is 10.3 Å². The molecule has 0 amide bonds. The molecule has 0 bridgehead atoms. The predicted octanol–water partition coefficient (Wildman–Crippen LogP) is 2.39. The van der Waals surface area contributed by atoms with Crippen molar-refractivity contribution in [2.75, 3.05) is 5.73 Å². The molecule has 0 aliphatic carbocycles. The number of anilines is 1. The highest BCUT2D eigenvalue weighted by Gasteiger charge is 2.12. The van der Waals surface area contributed by atoms with Crippen LogP contribution in [0.5, 0.6) is 0 Å². The van der Waals surface area contributed by atoms with E-state index in [1.54, 1.807) is 0 Å². The normalized spacial score (nSPS) is 11.3. The minimum Gasteiger partial charge on any atom is -0.383 e. The molecule has 2 aromatic rings. The third kappa shape index (κ3) is 2.55. The Morgan fingerprint density at radius 2 is 2.17 bits per heavy atom. The zero-order valence-corrected chi connectivity index (χ0v) is 11.3. The van der Waals surface area contributed by atoms with Crippen molar-refractivity contribution in [3.05, 3.63) is 18.7 Å². The van der Waals surface area contributed by atoms with E-state index >= 15 is 0 Å². The fourth-order valence-corrected chi connectivity index (χ4v) is 1.99. The molecule has 0 aliphatic heterocycles. The van der Waals surface area contributed by atoms with E-state index < -0.39 is 0 Å². The second-order valence-corrected chi connectivity index (χ2v) is 5.02. The standard InChI is InChI=1S/C13H21N5/c1-4-5-18-8-11(6-16-18)12-13(14)17(9-15-12)7-10(2)3/h6,8-10H,4-5,7,14H2,1-3H3. The van der Waals surface area contributed by atoms with Gasteiger partial charge in [-0.25, -0.2) is 4.98 Å². The smallest absolute Gasteiger partial charge is 0.131 e. The molecule has 0 fully saturated rings. The van der Waals surface area contributed by atoms with Crippen molar-refractivity contribution in [2.24, 2.45) is 5.92 Å². The van der Waals surface area contributed by atoms with Crippen molar-refractivity contribution in [1.29, 1.82) is 0 Å². The number of aromatic nitrogens is 4. The fraction of sp³-hybridized carbons (Fsp3) is 0.538. The Morgan fingerprint density at radius 3 is 2.83 bits per heavy atom. The lowest BCUT2D eigenvalue weighted by Crippen LogP contribution is -2.06. The zero-order chi connectivity index (χ0) is 13.1. The zero-order valence-electron chi connectivity index (χ0n) is 11.3. The number of nitrogens with two attached hydrogens (primary N) is 1. The largest absolute Gasteiger partial charge is 0.383 e. The van der Waals surface area contributed by atoms with E-state index in [1.807, 2.05) is 28.0 Å². The number of imidazole rings is 1. The van der Waals surface area contributed by atoms with Gasteiger partial charge in [-0.3, -0.25) is 4.68 Å². The van der Waals surface area contributed by atoms with Crippen molar-refractivity contribution in [3.63, 3.8) is 0 Å². The van der Waals surface area contributed by atoms with Crippen molar-refractivity contribution in [2.45, 2.75) is 40.3 Å². The number of nitrogens with zero attached hydrogens (tertiary/aromatic N) is 4. The van der Waals surface area contributed by atoms with E-state index in [4.69, 9.17) is 5.73 Å². The predicted molar refractivity (Wildman–Crippen MR) is 73.0 cm³/mol. The maximum absolute atomic E-state index is 6.13. The molecule has 2 N–H and O–H groups in total. The average molecular weight is 247 g/mol. The summed E-state index contributed by atoms with van der Waals surface area (Å²) < 4.78 is 3.92. The summed E-state index contributed by atoms with van der Waals surface area (Å²) in [6.07, 6.45) is 6.70. The molecule has 0 radical (unpaired) electrons. The molecule has 0 saturated carbocycles. The minimum absolute atomic E-state index is 0.553. The average Bonchev–Trinajstić information content (AvgIpc) is 2.88. The maximum atomic E-state index is 6.13. The number of nitrogen functional groups attached to an aromatic ring is 1. The van der Waals surface area contributed by atoms with Gasteiger partial charge in [0.05, 0.1) is 12.5 Å². The van der Waals surface area contributed by atoms with Crippen LogP contribution >= 0.6 is 0 Å². The molecule has 98 valence electrons. The number of rotatable bonds is 5. The summed E-state index contributed by atoms with van der Waals surface area (Å²) in [5.74, 6) is 1.27. The molecule has 0 saturated heterocycles. The quantitative estimate of drug-likeness (QED) is 0.882. The van der Waals surface area contributed by atoms with Gasteiger partial charge in [0.1, 0.15) is 11.5 Å². The molecule has 18 heavy (non-hydrogen) atoms. The van der Waals surface area contributed by atoms with Crippen LogP contribution < -0.4 is 5.73 Å². The van der Waals surface area contributed by atoms with Gasteiger partial charge in [0.15, 0.2) is 0 Å². The monoisotopic (exact) mass is 247 g/mol. The Bertz CT molecular complexity index is 509. The summed E-state index contributed by atoms with van der Waals surface area (Å²) in [7, 11) is 0. The van der Waals surface area contributed by atoms with Gasteiger partial charge in [-0.2, -0.15) is 5.10 Å². The molecule has 0 aliphatic rings. The van der Waals surface area contributed by atoms with E-state index in [9.17, 15) is 0 Å². The number of aryl methyl sites for hydroxylation is 1. The first-order chi connectivity index (χ1) is 8.61. The Morgan fingerprint density at radius 1 is 1.39 bits per heavy atom. The van der Waals surface area contributed by atoms with Crippen LogP contribution in [-0.4, -0.2) is 19.3 Å². The van der Waals surface area contributed by atoms with Crippen LogP contribution in [-0.2, 0) is 13.1 Å². The van der Waals surface area contributed by atoms with Gasteiger partial charge in [0.2, 0.25) is 0 Å². The Kier molecular flexibility index (Phi) is 3.69. The van der Waals surface area contributed by atoms with Gasteiger partial charge in [-0.15, -0.1) is 0 Å². The van der Waals surface area contributed by atoms with Gasteiger partial charge in [0.25, 0.3) is 0 Å². The Labute approximate surface area is 108 Å². The molecule has 2 heterocycles. The Hall–Kier alpha value is -1.78. The van der Waals surface area contributed by atoms with Crippen molar-refractivity contribution >= 4 is 5.82 Å². The number of hydrogen-bond acceptors (Lipinski definition) is 3. The van der Waals surface area contributed by atoms with E-state index in [0.29, 0.717) is 5.92 Å². The summed E-state index contributed by atoms with van der Waals surface area (Å²) in [6.45, 7) is 8.28. The van der Waals surface area contributed by atoms with Crippen LogP contribution in [0, 0.1) is 5.92 Å². The lowest BCUT2D eigenvalue weighted by molar-refractivity contribution is 0.527. The van der Waals surface area contributed by atoms with E-state index in [2.05, 4.69) is 30.9 Å². The van der Waals surface area contributed by atoms with Gasteiger partial charge in [-0.1, -0.05) is 20.8 Å². The van der Waals surface area contributed by atoms with Crippen LogP contribution in [0.2, 0.25) is 0 Å². The molecule has 0 atom stereocenters. The maximum Gasteiger partial charge on any atom is 0.131 e. The van der Waals surface area contributed by atoms with Crippen molar-refractivity contribution in [3.8, 4) is 11.3 Å². The van der Waals surface area contributed by atoms with Gasteiger partial charge >= 0.3 is 0 Å². The van der Waals surface area contributed by atoms with Gasteiger partial charge in [0, 0.05) is 24.8 Å². The first-order valence-corrected chi connectivity index (χ1v) is 6.45. The third-order valence-corrected chi connectivity index (χ3v) is 2.80. The summed E-state index contributed by atoms with van der Waals surface area (Å²) in [5.41, 5.74) is 7.95. The van der Waals surface area contributed by atoms with Crippen molar-refractivity contribution < 1.29 is 0 Å². The second kappa shape index (κ2) is 5.25. The fourth-order valence-electron chi connectivity index (χ4n) is 1.99. The molecule has 5 nitrogen and oxygen atoms in total. The molecule has 5 heteroatoms. The molecule has 0 unspecified atom stereocenters. The Balaban J connectivity index is 2.24. The minimum atomic E-state index is 0.553. The molecular weight excluding hydrogens is 226 g/mol. The molecule has 2 aromatic heterocycles. The third-order valence-electron chi connectivity index (χ3n) is 2.80. The summed E-state index contributed by atoms with van der Waals surface area (Å²) >= 11 is 0. The SMILES string of the molecule is CCCn1cc(-c2ncn(CC(C)C)c2N)cn1. The lowest BCUT2D eigenvalue weighted by Gasteiger charge is -2.07. The first kappa shape index (κ1) is 12.7. The summed E-state index contributed by atoms with van der Waals surface area (Å²) in [5, 5.41) is 4.31. The van der Waals surface area contributed by atoms with Crippen LogP contribution in [0.4, 0.5) is 5.82 Å². The molecule has 0 spiro atoms. The molecule has 2 rings (SSSR count). The lowest BCUT2D eigenvalue weighted by atomic mass is 10.2. The van der Waals surface area contributed by atoms with E-state index in [-0.39, 0.29) is 0 Å². The van der Waals surface area contributed by atoms with E-state index in [1.165, 1.54) is 0 Å². The molecular formula is C13H21N5. The van der Waals surface area contributed by atoms with Crippen molar-refractivity contribution in [1.82, 2.24) is 19.3 Å². The highest BCUT2D eigenvalue weighted by Crippen LogP contribution is 2.24. The van der Waals surface area contributed by atoms with Crippen LogP contribution in [0.1, 0.15) is 27.2 Å².